The molecule has 11 amide bonds. The number of aliphatic hydroxyl groups excluding tert-OH is 1. The minimum absolute atomic E-state index is 0.0235. The first-order valence-electron chi connectivity index (χ1n) is 29.7. The molecule has 0 spiro atoms. The van der Waals surface area contributed by atoms with Gasteiger partial charge < -0.3 is 60.7 Å². The van der Waals surface area contributed by atoms with Crippen LogP contribution in [0.2, 0.25) is 0 Å². The van der Waals surface area contributed by atoms with Gasteiger partial charge in [-0.25, -0.2) is 0 Å². The zero-order chi connectivity index (χ0) is 64.4. The van der Waals surface area contributed by atoms with Crippen LogP contribution in [0, 0.1) is 35.5 Å². The Kier molecular flexibility index (Phi) is 30.7. The molecule has 23 heteroatoms. The van der Waals surface area contributed by atoms with Gasteiger partial charge in [-0.15, -0.1) is 0 Å². The van der Waals surface area contributed by atoms with Crippen LogP contribution in [0.5, 0.6) is 0 Å². The summed E-state index contributed by atoms with van der Waals surface area (Å²) in [5.41, 5.74) is 0. The number of carbonyl (C=O) groups excluding carboxylic acids is 11. The Labute approximate surface area is 496 Å². The molecule has 2 unspecified atom stereocenters. The van der Waals surface area contributed by atoms with Gasteiger partial charge in [0.1, 0.15) is 60.4 Å². The number of allylic oxidation sites excluding steroid dienone is 2. The maximum Gasteiger partial charge on any atom is 0.246 e. The third kappa shape index (κ3) is 20.6. The van der Waals surface area contributed by atoms with E-state index >= 15 is 9.59 Å². The van der Waals surface area contributed by atoms with Gasteiger partial charge in [-0.3, -0.25) is 52.7 Å². The van der Waals surface area contributed by atoms with Crippen LogP contribution >= 0.6 is 0 Å². The minimum Gasteiger partial charge on any atom is -0.390 e. The van der Waals surface area contributed by atoms with E-state index in [0.717, 1.165) is 14.7 Å². The van der Waals surface area contributed by atoms with Crippen molar-refractivity contribution in [3.8, 4) is 0 Å². The maximum absolute atomic E-state index is 15.1. The van der Waals surface area contributed by atoms with Gasteiger partial charge in [0, 0.05) is 49.3 Å². The van der Waals surface area contributed by atoms with Crippen molar-refractivity contribution < 1.29 is 57.8 Å². The number of hydrogen-bond donors (Lipinski definition) is 5. The molecule has 474 valence electrons. The first kappa shape index (κ1) is 74.9. The maximum atomic E-state index is 15.1. The highest BCUT2D eigenvalue weighted by Gasteiger charge is 2.45. The average Bonchev–Trinajstić information content (AvgIpc) is 3.61. The summed E-state index contributed by atoms with van der Waals surface area (Å²) in [6, 6.07) is -12.3. The largest absolute Gasteiger partial charge is 0.390 e. The topological polar surface area (TPSA) is 279 Å². The predicted molar refractivity (Wildman–Crippen MR) is 319 cm³/mol. The molecule has 1 fully saturated rings. The first-order valence-corrected chi connectivity index (χ1v) is 29.7. The fourth-order valence-corrected chi connectivity index (χ4v) is 10.3. The zero-order valence-electron chi connectivity index (χ0n) is 54.5. The number of aliphatic hydroxyl groups is 1. The van der Waals surface area contributed by atoms with Crippen molar-refractivity contribution in [2.24, 2.45) is 35.5 Å². The third-order valence-electron chi connectivity index (χ3n) is 15.9. The molecular weight excluding hydrogens is 1070 g/mol. The van der Waals surface area contributed by atoms with Crippen LogP contribution in [-0.4, -0.2) is 227 Å². The third-order valence-corrected chi connectivity index (χ3v) is 15.9. The summed E-state index contributed by atoms with van der Waals surface area (Å²) in [7, 11) is 9.83. The molecule has 0 aromatic rings. The van der Waals surface area contributed by atoms with Crippen molar-refractivity contribution in [3.05, 3.63) is 12.2 Å². The van der Waals surface area contributed by atoms with Crippen LogP contribution in [-0.2, 0) is 52.7 Å². The smallest absolute Gasteiger partial charge is 0.246 e. The molecule has 0 bridgehead atoms. The van der Waals surface area contributed by atoms with E-state index in [1.165, 1.54) is 82.8 Å². The van der Waals surface area contributed by atoms with Gasteiger partial charge in [0.05, 0.1) is 12.6 Å². The van der Waals surface area contributed by atoms with Gasteiger partial charge in [-0.1, -0.05) is 102 Å². The molecule has 0 aromatic heterocycles. The fraction of sp³-hybridized carbons (Fsp3) is 0.783. The quantitative estimate of drug-likeness (QED) is 0.157. The lowest BCUT2D eigenvalue weighted by molar-refractivity contribution is -0.157. The van der Waals surface area contributed by atoms with E-state index < -0.39 is 156 Å². The molecule has 83 heavy (non-hydrogen) atoms. The van der Waals surface area contributed by atoms with Gasteiger partial charge in [0.25, 0.3) is 0 Å². The van der Waals surface area contributed by atoms with E-state index in [-0.39, 0.29) is 49.9 Å². The Morgan fingerprint density at radius 1 is 0.482 bits per heavy atom. The first-order chi connectivity index (χ1) is 38.4. The van der Waals surface area contributed by atoms with Crippen LogP contribution in [0.1, 0.15) is 149 Å². The lowest BCUT2D eigenvalue weighted by Crippen LogP contribution is -2.63. The molecule has 23 nitrogen and oxygen atoms in total. The summed E-state index contributed by atoms with van der Waals surface area (Å²) in [4.78, 5) is 167. The lowest BCUT2D eigenvalue weighted by Gasteiger charge is -2.41. The van der Waals surface area contributed by atoms with Gasteiger partial charge in [0.15, 0.2) is 0 Å². The van der Waals surface area contributed by atoms with E-state index in [2.05, 4.69) is 21.3 Å². The molecule has 0 saturated carbocycles. The van der Waals surface area contributed by atoms with Crippen molar-refractivity contribution >= 4 is 65.0 Å². The second-order valence-electron chi connectivity index (χ2n) is 24.9. The number of nitrogens with one attached hydrogen (secondary N) is 4. The normalized spacial score (nSPS) is 27.2. The lowest BCUT2D eigenvalue weighted by atomic mass is 9.91. The summed E-state index contributed by atoms with van der Waals surface area (Å²) < 4.78 is 0. The van der Waals surface area contributed by atoms with E-state index in [4.69, 9.17) is 0 Å². The van der Waals surface area contributed by atoms with Crippen molar-refractivity contribution in [2.45, 2.75) is 216 Å². The molecule has 1 aliphatic heterocycles. The van der Waals surface area contributed by atoms with E-state index in [9.17, 15) is 48.3 Å². The highest BCUT2D eigenvalue weighted by Crippen LogP contribution is 2.25. The number of amides is 11. The number of likely N-dealkylation sites (N-methyl/N-ethyl adjacent to an activating group) is 7. The molecule has 1 aliphatic rings. The highest BCUT2D eigenvalue weighted by molar-refractivity contribution is 5.99. The molecule has 5 N–H and O–H groups in total. The Morgan fingerprint density at radius 2 is 0.928 bits per heavy atom. The summed E-state index contributed by atoms with van der Waals surface area (Å²) in [5.74, 6) is -9.59. The molecular formula is C60H107N11O12. The second-order valence-corrected chi connectivity index (χ2v) is 24.9. The molecule has 1 rings (SSSR count). The van der Waals surface area contributed by atoms with Crippen LogP contribution in [0.15, 0.2) is 12.2 Å². The summed E-state index contributed by atoms with van der Waals surface area (Å²) >= 11 is 0. The van der Waals surface area contributed by atoms with Crippen LogP contribution in [0.25, 0.3) is 0 Å². The van der Waals surface area contributed by atoms with E-state index in [1.54, 1.807) is 67.5 Å². The second kappa shape index (κ2) is 34.0. The Morgan fingerprint density at radius 3 is 1.39 bits per heavy atom. The van der Waals surface area contributed by atoms with Crippen LogP contribution in [0.3, 0.4) is 0 Å². The molecule has 12 atom stereocenters. The van der Waals surface area contributed by atoms with Gasteiger partial charge in [0.2, 0.25) is 65.0 Å². The van der Waals surface area contributed by atoms with Gasteiger partial charge in [-0.2, -0.15) is 0 Å². The van der Waals surface area contributed by atoms with E-state index in [0.29, 0.717) is 6.42 Å². The monoisotopic (exact) mass is 1170 g/mol. The van der Waals surface area contributed by atoms with Crippen molar-refractivity contribution in [1.29, 1.82) is 0 Å². The van der Waals surface area contributed by atoms with Crippen LogP contribution in [0.4, 0.5) is 0 Å². The van der Waals surface area contributed by atoms with Gasteiger partial charge >= 0.3 is 0 Å². The fourth-order valence-electron chi connectivity index (χ4n) is 10.3. The standard InChI is InChI=1S/C60H107N11O12/c1-24-27-28-38(14)50(73)49-54(77)63-42(26-3)56(79)65(17)32-46(72)66(18)40(16)51(74)64-47(36(10)11)59(82)67(19)43(29-33(4)5)53(76)62-41(25-2)52(75)61-39(15)55(78)68(20)44(30-34(6)7)57(80)69(21)45(31-35(8)9)58(81)70(22)48(37(12)13)60(83)71(49)23/h24,27,33-45,47-50,73H,25-26,28-32H2,1-23H3,(H,61,75)(H,62,76)(H,63,77)(H,64,74)/b27-24+/t38-,39-,40?,41?,42+,43+,44+,45-,47+,48+,49+,50-/m1/s1. The Balaban J connectivity index is 4.26. The molecule has 0 aromatic carbocycles. The highest BCUT2D eigenvalue weighted by atomic mass is 16.3. The number of rotatable bonds is 14. The van der Waals surface area contributed by atoms with Crippen molar-refractivity contribution in [3.63, 3.8) is 0 Å². The zero-order valence-corrected chi connectivity index (χ0v) is 54.5. The van der Waals surface area contributed by atoms with Crippen molar-refractivity contribution in [2.75, 3.05) is 55.9 Å². The Bertz CT molecular complexity index is 2270. The average molecular weight is 1170 g/mol. The predicted octanol–water partition coefficient (Wildman–Crippen LogP) is 2.63. The molecule has 0 aliphatic carbocycles. The summed E-state index contributed by atoms with van der Waals surface area (Å²) in [6.07, 6.45) is 2.98. The summed E-state index contributed by atoms with van der Waals surface area (Å²) in [5, 5.41) is 23.0. The summed E-state index contributed by atoms with van der Waals surface area (Å²) in [6.45, 7) is 27.3. The number of hydrogen-bond acceptors (Lipinski definition) is 12. The van der Waals surface area contributed by atoms with Gasteiger partial charge in [-0.05, 0) is 94.8 Å². The Hall–Kier alpha value is -6.13. The molecule has 1 heterocycles. The minimum atomic E-state index is -1.61. The number of nitrogens with zero attached hydrogens (tertiary/aromatic N) is 7. The molecule has 0 radical (unpaired) electrons. The SMILES string of the molecule is C/C=C/C[C@@H](C)[C@@H](O)[C@H]1C(=O)N[C@@H](CC)C(=O)N(C)CC(=O)N(C)C(C)C(=O)N[C@@H](C(C)C)C(=O)N(C)[C@@H](CC(C)C)C(=O)NC(CC)C(=O)N[C@H](C)C(=O)N(C)[C@@H](CC(C)C)C(=O)N(C)[C@H](CC(C)C)C(=O)N(C)[C@@H](C(C)C)C(=O)N1C. The van der Waals surface area contributed by atoms with Crippen molar-refractivity contribution in [1.82, 2.24) is 55.6 Å². The molecule has 1 saturated heterocycles. The van der Waals surface area contributed by atoms with E-state index in [1.807, 2.05) is 41.5 Å². The number of carbonyl (C=O) groups is 11. The van der Waals surface area contributed by atoms with Crippen LogP contribution < -0.4 is 21.3 Å².